The summed E-state index contributed by atoms with van der Waals surface area (Å²) in [6, 6.07) is 0. The van der Waals surface area contributed by atoms with Crippen LogP contribution in [0.25, 0.3) is 0 Å². The third-order valence-electron chi connectivity index (χ3n) is 1.87. The number of rotatable bonds is 0. The van der Waals surface area contributed by atoms with Gasteiger partial charge in [-0.3, -0.25) is 0 Å². The molecule has 0 aliphatic rings. The molecule has 0 aliphatic heterocycles. The van der Waals surface area contributed by atoms with E-state index < -0.39 is 19.8 Å². The fourth-order valence-corrected chi connectivity index (χ4v) is 8.46. The second-order valence-electron chi connectivity index (χ2n) is 7.01. The van der Waals surface area contributed by atoms with E-state index in [2.05, 4.69) is 56.4 Å². The Morgan fingerprint density at radius 1 is 0.882 bits per heavy atom. The SMILES string of the molecule is CC(C)(C)c1p[pH]c(C(C)(C)C)p1.[CH3][Sn]([CH3])[CH3]. The maximum absolute atomic E-state index is 2.36. The molecule has 1 heterocycles. The van der Waals surface area contributed by atoms with Gasteiger partial charge in [-0.1, -0.05) is 49.7 Å². The molecule has 1 rings (SSSR count). The first kappa shape index (κ1) is 18.4. The van der Waals surface area contributed by atoms with Gasteiger partial charge in [-0.2, -0.15) is 0 Å². The molecule has 1 radical (unpaired) electrons. The molecule has 1 aromatic heterocycles. The predicted octanol–water partition coefficient (Wildman–Crippen LogP) is 6.84. The molecule has 0 saturated carbocycles. The molecule has 0 N–H and O–H groups in total. The van der Waals surface area contributed by atoms with E-state index in [9.17, 15) is 0 Å². The summed E-state index contributed by atoms with van der Waals surface area (Å²) in [4.78, 5) is 7.09. The first-order chi connectivity index (χ1) is 7.44. The van der Waals surface area contributed by atoms with Crippen molar-refractivity contribution >= 4 is 43.7 Å². The van der Waals surface area contributed by atoms with Crippen LogP contribution in [0, 0.1) is 0 Å². The van der Waals surface area contributed by atoms with E-state index in [0.29, 0.717) is 10.8 Å². The molecule has 0 aromatic carbocycles. The van der Waals surface area contributed by atoms with Crippen LogP contribution in [0.1, 0.15) is 51.6 Å². The van der Waals surface area contributed by atoms with Crippen LogP contribution in [-0.2, 0) is 10.8 Å². The van der Waals surface area contributed by atoms with Gasteiger partial charge in [0.15, 0.2) is 0 Å². The molecular formula is C13H28P3Sn. The maximum atomic E-state index is 2.36. The molecule has 1 atom stereocenters. The van der Waals surface area contributed by atoms with Crippen molar-refractivity contribution in [2.45, 2.75) is 67.2 Å². The molecule has 17 heavy (non-hydrogen) atoms. The van der Waals surface area contributed by atoms with Crippen LogP contribution in [0.15, 0.2) is 0 Å². The molecule has 0 nitrogen and oxygen atoms in total. The first-order valence-electron chi connectivity index (χ1n) is 6.14. The Morgan fingerprint density at radius 3 is 1.47 bits per heavy atom. The molecule has 0 amide bonds. The van der Waals surface area contributed by atoms with Gasteiger partial charge in [-0.25, -0.2) is 0 Å². The monoisotopic (exact) mass is 397 g/mol. The van der Waals surface area contributed by atoms with E-state index >= 15 is 0 Å². The van der Waals surface area contributed by atoms with Crippen LogP contribution in [-0.4, -0.2) is 19.8 Å². The van der Waals surface area contributed by atoms with Crippen LogP contribution in [0.2, 0.25) is 14.8 Å². The third kappa shape index (κ3) is 8.26. The van der Waals surface area contributed by atoms with Crippen molar-refractivity contribution in [2.75, 3.05) is 0 Å². The van der Waals surface area contributed by atoms with E-state index in [-0.39, 0.29) is 0 Å². The Kier molecular flexibility index (Phi) is 7.90. The summed E-state index contributed by atoms with van der Waals surface area (Å²) < 4.78 is 0. The number of hydrogen-bond acceptors (Lipinski definition) is 0. The van der Waals surface area contributed by atoms with Gasteiger partial charge in [0.25, 0.3) is 0 Å². The summed E-state index contributed by atoms with van der Waals surface area (Å²) in [5.41, 5.74) is 0.823. The topological polar surface area (TPSA) is 0 Å². The van der Waals surface area contributed by atoms with Crippen molar-refractivity contribution in [1.82, 2.24) is 0 Å². The summed E-state index contributed by atoms with van der Waals surface area (Å²) >= 11 is -0.543. The van der Waals surface area contributed by atoms with Crippen molar-refractivity contribution in [1.29, 1.82) is 0 Å². The van der Waals surface area contributed by atoms with Gasteiger partial charge in [0.05, 0.1) is 0 Å². The van der Waals surface area contributed by atoms with Crippen molar-refractivity contribution in [3.05, 3.63) is 10.1 Å². The Hall–Kier alpha value is 1.44. The fraction of sp³-hybridized carbons (Fsp3) is 0.846. The van der Waals surface area contributed by atoms with Crippen LogP contribution in [0.3, 0.4) is 0 Å². The molecule has 1 aromatic rings. The van der Waals surface area contributed by atoms with Gasteiger partial charge in [0, 0.05) is 10.1 Å². The van der Waals surface area contributed by atoms with Crippen molar-refractivity contribution in [2.24, 2.45) is 0 Å². The summed E-state index contributed by atoms with van der Waals surface area (Å²) in [5.74, 6) is 0. The van der Waals surface area contributed by atoms with Crippen LogP contribution < -0.4 is 0 Å². The molecular weight excluding hydrogens is 368 g/mol. The number of hydrogen-bond donors (Lipinski definition) is 0. The van der Waals surface area contributed by atoms with Gasteiger partial charge in [-0.05, 0) is 18.7 Å². The standard InChI is InChI=1S/C10H19P3.3CH3.Sn/c1-9(2,3)7-11-8(13-12-7)10(4,5)6;;;;/h12H,1-6H3;3*1H3;. The molecule has 0 bridgehead atoms. The van der Waals surface area contributed by atoms with Crippen molar-refractivity contribution in [3.8, 4) is 0 Å². The van der Waals surface area contributed by atoms with Crippen LogP contribution >= 0.6 is 23.9 Å². The average Bonchev–Trinajstić information content (AvgIpc) is 2.46. The Morgan fingerprint density at radius 2 is 1.29 bits per heavy atom. The summed E-state index contributed by atoms with van der Waals surface area (Å²) in [6.45, 7) is 14.0. The third-order valence-corrected chi connectivity index (χ3v) is 9.64. The minimum atomic E-state index is -0.543. The Bertz CT molecular complexity index is 298. The molecule has 0 fully saturated rings. The Labute approximate surface area is 120 Å². The molecule has 99 valence electrons. The summed E-state index contributed by atoms with van der Waals surface area (Å²) in [7, 11) is 4.18. The second-order valence-corrected chi connectivity index (χ2v) is 20.2. The molecule has 0 aliphatic carbocycles. The van der Waals surface area contributed by atoms with Gasteiger partial charge < -0.3 is 0 Å². The minimum absolute atomic E-state index is 0.406. The summed E-state index contributed by atoms with van der Waals surface area (Å²) in [5, 5.41) is 3.44. The predicted molar refractivity (Wildman–Crippen MR) is 91.7 cm³/mol. The average molecular weight is 396 g/mol. The van der Waals surface area contributed by atoms with Crippen molar-refractivity contribution in [3.63, 3.8) is 0 Å². The first-order valence-corrected chi connectivity index (χ1v) is 18.3. The zero-order chi connectivity index (χ0) is 13.9. The van der Waals surface area contributed by atoms with Gasteiger partial charge >= 0.3 is 34.6 Å². The van der Waals surface area contributed by atoms with E-state index in [4.69, 9.17) is 0 Å². The van der Waals surface area contributed by atoms with Crippen LogP contribution in [0.5, 0.6) is 0 Å². The Balaban J connectivity index is 0.000000557. The van der Waals surface area contributed by atoms with Gasteiger partial charge in [0.2, 0.25) is 0 Å². The quantitative estimate of drug-likeness (QED) is 0.421. The molecule has 1 unspecified atom stereocenters. The van der Waals surface area contributed by atoms with E-state index in [1.165, 1.54) is 0 Å². The van der Waals surface area contributed by atoms with E-state index in [1.807, 2.05) is 0 Å². The summed E-state index contributed by atoms with van der Waals surface area (Å²) in [6.07, 6.45) is 0. The van der Waals surface area contributed by atoms with Gasteiger partial charge in [0.1, 0.15) is 0 Å². The van der Waals surface area contributed by atoms with Crippen molar-refractivity contribution < 1.29 is 0 Å². The van der Waals surface area contributed by atoms with Crippen LogP contribution in [0.4, 0.5) is 0 Å². The zero-order valence-corrected chi connectivity index (χ0v) is 18.5. The molecule has 0 spiro atoms. The normalized spacial score (nSPS) is 13.8. The van der Waals surface area contributed by atoms with Gasteiger partial charge in [-0.15, -0.1) is 7.87 Å². The molecule has 4 heteroatoms. The fourth-order valence-electron chi connectivity index (χ4n) is 0.933. The molecule has 0 saturated heterocycles. The van der Waals surface area contributed by atoms with E-state index in [1.54, 1.807) is 26.1 Å². The second kappa shape index (κ2) is 7.28. The van der Waals surface area contributed by atoms with E-state index in [0.717, 1.165) is 7.87 Å². The zero-order valence-electron chi connectivity index (χ0n) is 12.9.